The number of rotatable bonds is 5. The summed E-state index contributed by atoms with van der Waals surface area (Å²) in [5, 5.41) is 12.3. The van der Waals surface area contributed by atoms with Gasteiger partial charge in [-0.25, -0.2) is 0 Å². The molecule has 1 amide bonds. The molecule has 2 rings (SSSR count). The van der Waals surface area contributed by atoms with Crippen LogP contribution < -0.4 is 5.32 Å². The molecule has 2 fully saturated rings. The molecule has 0 aliphatic carbocycles. The Balaban J connectivity index is 1.87. The number of hydrogen-bond acceptors (Lipinski definition) is 4. The normalized spacial score (nSPS) is 24.2. The molecule has 6 nitrogen and oxygen atoms in total. The van der Waals surface area contributed by atoms with Gasteiger partial charge >= 0.3 is 5.97 Å². The van der Waals surface area contributed by atoms with Crippen LogP contribution in [0.1, 0.15) is 32.6 Å². The maximum atomic E-state index is 12.3. The van der Waals surface area contributed by atoms with Crippen LogP contribution in [0.2, 0.25) is 0 Å². The summed E-state index contributed by atoms with van der Waals surface area (Å²) in [6.45, 7) is 4.41. The quantitative estimate of drug-likeness (QED) is 0.792. The molecule has 0 saturated carbocycles. The van der Waals surface area contributed by atoms with Gasteiger partial charge in [0.05, 0.1) is 5.41 Å². The van der Waals surface area contributed by atoms with Gasteiger partial charge in [0, 0.05) is 38.9 Å². The Labute approximate surface area is 125 Å². The second kappa shape index (κ2) is 7.22. The number of aliphatic carboxylic acids is 1. The van der Waals surface area contributed by atoms with Gasteiger partial charge in [-0.1, -0.05) is 6.92 Å². The predicted octanol–water partition coefficient (Wildman–Crippen LogP) is 1.05. The first-order valence-corrected chi connectivity index (χ1v) is 7.72. The summed E-state index contributed by atoms with van der Waals surface area (Å²) in [6, 6.07) is 0. The largest absolute Gasteiger partial charge is 0.481 e. The molecular weight excluding hydrogens is 274 g/mol. The van der Waals surface area contributed by atoms with Gasteiger partial charge in [0.25, 0.3) is 0 Å². The van der Waals surface area contributed by atoms with E-state index in [1.54, 1.807) is 0 Å². The summed E-state index contributed by atoms with van der Waals surface area (Å²) in [5.74, 6) is -0.660. The Morgan fingerprint density at radius 1 is 1.19 bits per heavy atom. The van der Waals surface area contributed by atoms with Crippen molar-refractivity contribution in [2.45, 2.75) is 32.6 Å². The molecule has 0 radical (unpaired) electrons. The highest BCUT2D eigenvalue weighted by molar-refractivity contribution is 5.80. The van der Waals surface area contributed by atoms with Crippen LogP contribution in [0.25, 0.3) is 0 Å². The molecule has 6 heteroatoms. The van der Waals surface area contributed by atoms with E-state index in [4.69, 9.17) is 9.47 Å². The van der Waals surface area contributed by atoms with E-state index in [1.165, 1.54) is 0 Å². The molecule has 21 heavy (non-hydrogen) atoms. The lowest BCUT2D eigenvalue weighted by atomic mass is 9.79. The van der Waals surface area contributed by atoms with E-state index in [0.29, 0.717) is 45.2 Å². The fraction of sp³-hybridized carbons (Fsp3) is 0.867. The average molecular weight is 299 g/mol. The molecule has 2 aliphatic heterocycles. The van der Waals surface area contributed by atoms with Gasteiger partial charge in [-0.3, -0.25) is 9.59 Å². The zero-order valence-corrected chi connectivity index (χ0v) is 12.6. The van der Waals surface area contributed by atoms with Crippen molar-refractivity contribution in [3.8, 4) is 0 Å². The van der Waals surface area contributed by atoms with E-state index in [-0.39, 0.29) is 18.4 Å². The number of ether oxygens (including phenoxy) is 2. The number of amides is 1. The average Bonchev–Trinajstić information content (AvgIpc) is 2.53. The number of carbonyl (C=O) groups is 2. The highest BCUT2D eigenvalue weighted by Gasteiger charge is 2.41. The number of carbonyl (C=O) groups excluding carboxylic acids is 1. The summed E-state index contributed by atoms with van der Waals surface area (Å²) in [6.07, 6.45) is 2.70. The third kappa shape index (κ3) is 3.95. The minimum absolute atomic E-state index is 0.0472. The van der Waals surface area contributed by atoms with Crippen molar-refractivity contribution >= 4 is 11.9 Å². The number of hydrogen-bond donors (Lipinski definition) is 2. The van der Waals surface area contributed by atoms with Gasteiger partial charge < -0.3 is 19.9 Å². The minimum Gasteiger partial charge on any atom is -0.481 e. The smallest absolute Gasteiger partial charge is 0.311 e. The molecule has 0 spiro atoms. The Morgan fingerprint density at radius 2 is 1.76 bits per heavy atom. The molecule has 0 aromatic rings. The second-order valence-corrected chi connectivity index (χ2v) is 6.15. The summed E-state index contributed by atoms with van der Waals surface area (Å²) in [4.78, 5) is 23.8. The van der Waals surface area contributed by atoms with E-state index in [0.717, 1.165) is 12.8 Å². The number of nitrogens with one attached hydrogen (secondary N) is 1. The zero-order chi connectivity index (χ0) is 15.3. The Bertz CT molecular complexity index is 372. The highest BCUT2D eigenvalue weighted by Crippen LogP contribution is 2.30. The zero-order valence-electron chi connectivity index (χ0n) is 12.6. The van der Waals surface area contributed by atoms with Gasteiger partial charge in [0.2, 0.25) is 5.91 Å². The van der Waals surface area contributed by atoms with Crippen LogP contribution in [0.3, 0.4) is 0 Å². The number of carboxylic acid groups (broad SMARTS) is 1. The van der Waals surface area contributed by atoms with E-state index in [9.17, 15) is 14.7 Å². The monoisotopic (exact) mass is 299 g/mol. The van der Waals surface area contributed by atoms with Crippen molar-refractivity contribution in [1.29, 1.82) is 0 Å². The molecule has 120 valence electrons. The first-order valence-electron chi connectivity index (χ1n) is 7.72. The summed E-state index contributed by atoms with van der Waals surface area (Å²) < 4.78 is 10.5. The summed E-state index contributed by atoms with van der Waals surface area (Å²) in [7, 11) is 0. The SMILES string of the molecule is CC(C(=O)NCC1(C(=O)O)CCOCC1)C1CCOCC1. The minimum atomic E-state index is -0.872. The molecule has 2 saturated heterocycles. The fourth-order valence-corrected chi connectivity index (χ4v) is 3.08. The maximum Gasteiger partial charge on any atom is 0.311 e. The van der Waals surface area contributed by atoms with Crippen molar-refractivity contribution in [1.82, 2.24) is 5.32 Å². The molecule has 2 aliphatic rings. The van der Waals surface area contributed by atoms with Crippen molar-refractivity contribution < 1.29 is 24.2 Å². The van der Waals surface area contributed by atoms with Crippen molar-refractivity contribution in [2.24, 2.45) is 17.3 Å². The molecule has 1 unspecified atom stereocenters. The summed E-state index contributed by atoms with van der Waals surface area (Å²) >= 11 is 0. The molecule has 2 heterocycles. The Kier molecular flexibility index (Phi) is 5.58. The molecular formula is C15H25NO5. The fourth-order valence-electron chi connectivity index (χ4n) is 3.08. The van der Waals surface area contributed by atoms with Crippen molar-refractivity contribution in [3.63, 3.8) is 0 Å². The molecule has 0 bridgehead atoms. The lowest BCUT2D eigenvalue weighted by molar-refractivity contribution is -0.154. The van der Waals surface area contributed by atoms with Gasteiger partial charge in [-0.05, 0) is 31.6 Å². The van der Waals surface area contributed by atoms with E-state index in [1.807, 2.05) is 6.92 Å². The van der Waals surface area contributed by atoms with Crippen LogP contribution in [0.5, 0.6) is 0 Å². The standard InChI is InChI=1S/C15H25NO5/c1-11(12-2-6-20-7-3-12)13(17)16-10-15(14(18)19)4-8-21-9-5-15/h11-12H,2-10H2,1H3,(H,16,17)(H,18,19). The van der Waals surface area contributed by atoms with Gasteiger partial charge in [-0.15, -0.1) is 0 Å². The number of carboxylic acids is 1. The molecule has 0 aromatic heterocycles. The van der Waals surface area contributed by atoms with Crippen LogP contribution in [0.4, 0.5) is 0 Å². The Morgan fingerprint density at radius 3 is 2.33 bits per heavy atom. The lowest BCUT2D eigenvalue weighted by Gasteiger charge is -2.34. The predicted molar refractivity (Wildman–Crippen MR) is 75.8 cm³/mol. The second-order valence-electron chi connectivity index (χ2n) is 6.15. The maximum absolute atomic E-state index is 12.3. The van der Waals surface area contributed by atoms with Crippen LogP contribution in [0, 0.1) is 17.3 Å². The van der Waals surface area contributed by atoms with Crippen LogP contribution in [0.15, 0.2) is 0 Å². The summed E-state index contributed by atoms with van der Waals surface area (Å²) in [5.41, 5.74) is -0.872. The topological polar surface area (TPSA) is 84.9 Å². The van der Waals surface area contributed by atoms with Crippen LogP contribution >= 0.6 is 0 Å². The van der Waals surface area contributed by atoms with E-state index >= 15 is 0 Å². The van der Waals surface area contributed by atoms with Crippen molar-refractivity contribution in [3.05, 3.63) is 0 Å². The van der Waals surface area contributed by atoms with Crippen LogP contribution in [-0.4, -0.2) is 50.0 Å². The van der Waals surface area contributed by atoms with E-state index < -0.39 is 11.4 Å². The molecule has 1 atom stereocenters. The third-order valence-electron chi connectivity index (χ3n) is 4.89. The molecule has 2 N–H and O–H groups in total. The lowest BCUT2D eigenvalue weighted by Crippen LogP contribution is -2.48. The third-order valence-corrected chi connectivity index (χ3v) is 4.89. The Hall–Kier alpha value is -1.14. The molecule has 0 aromatic carbocycles. The van der Waals surface area contributed by atoms with Gasteiger partial charge in [0.15, 0.2) is 0 Å². The first-order chi connectivity index (χ1) is 10.1. The van der Waals surface area contributed by atoms with Gasteiger partial charge in [-0.2, -0.15) is 0 Å². The van der Waals surface area contributed by atoms with E-state index in [2.05, 4.69) is 5.32 Å². The first kappa shape index (κ1) is 16.2. The highest BCUT2D eigenvalue weighted by atomic mass is 16.5. The van der Waals surface area contributed by atoms with Crippen molar-refractivity contribution in [2.75, 3.05) is 33.0 Å². The van der Waals surface area contributed by atoms with Gasteiger partial charge in [0.1, 0.15) is 0 Å². The van der Waals surface area contributed by atoms with Crippen LogP contribution in [-0.2, 0) is 19.1 Å².